The van der Waals surface area contributed by atoms with E-state index >= 15 is 0 Å². The van der Waals surface area contributed by atoms with Gasteiger partial charge < -0.3 is 10.6 Å². The molecule has 0 spiro atoms. The lowest BCUT2D eigenvalue weighted by molar-refractivity contribution is 0.102. The van der Waals surface area contributed by atoms with Crippen LogP contribution in [0.1, 0.15) is 17.4 Å². The smallest absolute Gasteiger partial charge is 0.277 e. The highest BCUT2D eigenvalue weighted by Crippen LogP contribution is 2.10. The van der Waals surface area contributed by atoms with Crippen molar-refractivity contribution in [2.75, 3.05) is 17.2 Å². The van der Waals surface area contributed by atoms with Crippen molar-refractivity contribution in [3.63, 3.8) is 0 Å². The fraction of sp³-hybridized carbons (Fsp3) is 0.167. The molecule has 0 aliphatic heterocycles. The second-order valence-electron chi connectivity index (χ2n) is 3.65. The molecule has 6 nitrogen and oxygen atoms in total. The second kappa shape index (κ2) is 6.10. The minimum atomic E-state index is -0.370. The number of hydrogen-bond donors (Lipinski definition) is 2. The Morgan fingerprint density at radius 3 is 2.58 bits per heavy atom. The van der Waals surface area contributed by atoms with Gasteiger partial charge in [-0.3, -0.25) is 4.79 Å². The Hall–Kier alpha value is -2.21. The van der Waals surface area contributed by atoms with Gasteiger partial charge in [0.1, 0.15) is 11.6 Å². The molecule has 2 aromatic heterocycles. The van der Waals surface area contributed by atoms with Crippen molar-refractivity contribution < 1.29 is 4.79 Å². The highest BCUT2D eigenvalue weighted by atomic mass is 35.5. The van der Waals surface area contributed by atoms with Crippen molar-refractivity contribution in [1.29, 1.82) is 0 Å². The maximum Gasteiger partial charge on any atom is 0.277 e. The molecule has 2 aromatic rings. The van der Waals surface area contributed by atoms with Gasteiger partial charge in [0.2, 0.25) is 0 Å². The molecule has 0 aliphatic rings. The zero-order valence-electron chi connectivity index (χ0n) is 10.2. The van der Waals surface area contributed by atoms with Gasteiger partial charge in [-0.25, -0.2) is 4.98 Å². The van der Waals surface area contributed by atoms with Gasteiger partial charge in [0.05, 0.1) is 5.02 Å². The fourth-order valence-electron chi connectivity index (χ4n) is 1.36. The number of halogens is 1. The number of nitrogens with one attached hydrogen (secondary N) is 2. The summed E-state index contributed by atoms with van der Waals surface area (Å²) in [5.74, 6) is 0.668. The van der Waals surface area contributed by atoms with Crippen LogP contribution in [0.2, 0.25) is 5.02 Å². The number of nitrogens with zero attached hydrogens (tertiary/aromatic N) is 3. The summed E-state index contributed by atoms with van der Waals surface area (Å²) in [6.07, 6.45) is 1.46. The molecule has 19 heavy (non-hydrogen) atoms. The molecule has 7 heteroatoms. The Labute approximate surface area is 115 Å². The molecule has 0 atom stereocenters. The lowest BCUT2D eigenvalue weighted by atomic mass is 10.3. The first-order valence-corrected chi connectivity index (χ1v) is 6.07. The highest BCUT2D eigenvalue weighted by molar-refractivity contribution is 6.30. The predicted octanol–water partition coefficient (Wildman–Crippen LogP) is 2.21. The van der Waals surface area contributed by atoms with Crippen molar-refractivity contribution in [3.8, 4) is 0 Å². The number of rotatable bonds is 4. The van der Waals surface area contributed by atoms with Gasteiger partial charge in [-0.2, -0.15) is 0 Å². The van der Waals surface area contributed by atoms with Gasteiger partial charge >= 0.3 is 0 Å². The molecule has 2 heterocycles. The molecular formula is C12H12ClN5O. The number of hydrogen-bond acceptors (Lipinski definition) is 5. The Bertz CT molecular complexity index is 555. The van der Waals surface area contributed by atoms with E-state index in [-0.39, 0.29) is 11.6 Å². The van der Waals surface area contributed by atoms with Crippen LogP contribution >= 0.6 is 11.6 Å². The maximum atomic E-state index is 11.9. The third kappa shape index (κ3) is 3.62. The minimum absolute atomic E-state index is 0.221. The molecule has 0 bridgehead atoms. The molecule has 2 rings (SSSR count). The van der Waals surface area contributed by atoms with E-state index in [0.717, 1.165) is 6.54 Å². The SMILES string of the molecule is CCNc1ccc(C(=O)Nc2ccc(Cl)cn2)nn1. The van der Waals surface area contributed by atoms with Crippen molar-refractivity contribution >= 4 is 29.1 Å². The van der Waals surface area contributed by atoms with Crippen LogP contribution < -0.4 is 10.6 Å². The number of aromatic nitrogens is 3. The molecule has 1 amide bonds. The molecule has 0 radical (unpaired) electrons. The summed E-state index contributed by atoms with van der Waals surface area (Å²) < 4.78 is 0. The minimum Gasteiger partial charge on any atom is -0.369 e. The summed E-state index contributed by atoms with van der Waals surface area (Å²) in [4.78, 5) is 15.8. The van der Waals surface area contributed by atoms with E-state index in [9.17, 15) is 4.79 Å². The summed E-state index contributed by atoms with van der Waals surface area (Å²) in [5, 5.41) is 13.8. The van der Waals surface area contributed by atoms with Gasteiger partial charge in [0, 0.05) is 12.7 Å². The summed E-state index contributed by atoms with van der Waals surface area (Å²) in [7, 11) is 0. The van der Waals surface area contributed by atoms with Crippen molar-refractivity contribution in [2.24, 2.45) is 0 Å². The molecule has 0 aromatic carbocycles. The first kappa shape index (κ1) is 13.2. The van der Waals surface area contributed by atoms with E-state index < -0.39 is 0 Å². The Morgan fingerprint density at radius 1 is 1.21 bits per heavy atom. The van der Waals surface area contributed by atoms with Crippen molar-refractivity contribution in [1.82, 2.24) is 15.2 Å². The van der Waals surface area contributed by atoms with Crippen molar-refractivity contribution in [2.45, 2.75) is 6.92 Å². The average molecular weight is 278 g/mol. The number of anilines is 2. The largest absolute Gasteiger partial charge is 0.369 e. The first-order chi connectivity index (χ1) is 9.19. The van der Waals surface area contributed by atoms with Gasteiger partial charge in [-0.05, 0) is 31.2 Å². The van der Waals surface area contributed by atoms with Crippen molar-refractivity contribution in [3.05, 3.63) is 41.2 Å². The first-order valence-electron chi connectivity index (χ1n) is 5.69. The molecule has 0 saturated carbocycles. The predicted molar refractivity (Wildman–Crippen MR) is 73.4 cm³/mol. The molecule has 2 N–H and O–H groups in total. The summed E-state index contributed by atoms with van der Waals surface area (Å²) in [5.41, 5.74) is 0.221. The van der Waals surface area contributed by atoms with Crippen LogP contribution in [0.15, 0.2) is 30.5 Å². The number of amides is 1. The van der Waals surface area contributed by atoms with E-state index in [4.69, 9.17) is 11.6 Å². The monoisotopic (exact) mass is 277 g/mol. The van der Waals surface area contributed by atoms with Crippen LogP contribution in [0.3, 0.4) is 0 Å². The summed E-state index contributed by atoms with van der Waals surface area (Å²) >= 11 is 5.71. The van der Waals surface area contributed by atoms with E-state index in [2.05, 4.69) is 25.8 Å². The van der Waals surface area contributed by atoms with Gasteiger partial charge in [0.25, 0.3) is 5.91 Å². The topological polar surface area (TPSA) is 79.8 Å². The van der Waals surface area contributed by atoms with Crippen LogP contribution in [-0.2, 0) is 0 Å². The molecule has 0 saturated heterocycles. The van der Waals surface area contributed by atoms with E-state index in [1.165, 1.54) is 6.20 Å². The maximum absolute atomic E-state index is 11.9. The molecule has 98 valence electrons. The van der Waals surface area contributed by atoms with Crippen LogP contribution in [-0.4, -0.2) is 27.6 Å². The quantitative estimate of drug-likeness (QED) is 0.896. The lowest BCUT2D eigenvalue weighted by Gasteiger charge is -2.04. The molecular weight excluding hydrogens is 266 g/mol. The molecule has 0 fully saturated rings. The van der Waals surface area contributed by atoms with Crippen LogP contribution in [0.4, 0.5) is 11.6 Å². The van der Waals surface area contributed by atoms with Crippen LogP contribution in [0.25, 0.3) is 0 Å². The number of carbonyl (C=O) groups excluding carboxylic acids is 1. The van der Waals surface area contributed by atoms with E-state index in [0.29, 0.717) is 16.7 Å². The average Bonchev–Trinajstić information content (AvgIpc) is 2.42. The normalized spacial score (nSPS) is 10.0. The van der Waals surface area contributed by atoms with Gasteiger partial charge in [-0.1, -0.05) is 11.6 Å². The fourth-order valence-corrected chi connectivity index (χ4v) is 1.47. The Kier molecular flexibility index (Phi) is 4.25. The third-order valence-electron chi connectivity index (χ3n) is 2.22. The summed E-state index contributed by atoms with van der Waals surface area (Å²) in [6.45, 7) is 2.70. The standard InChI is InChI=1S/C12H12ClN5O/c1-2-14-11-6-4-9(17-18-11)12(19)16-10-5-3-8(13)7-15-10/h3-7H,2H2,1H3,(H,14,18)(H,15,16,19). The van der Waals surface area contributed by atoms with E-state index in [1.807, 2.05) is 6.92 Å². The highest BCUT2D eigenvalue weighted by Gasteiger charge is 2.09. The molecule has 0 aliphatic carbocycles. The van der Waals surface area contributed by atoms with Crippen LogP contribution in [0.5, 0.6) is 0 Å². The van der Waals surface area contributed by atoms with Gasteiger partial charge in [-0.15, -0.1) is 10.2 Å². The Balaban J connectivity index is 2.05. The lowest BCUT2D eigenvalue weighted by Crippen LogP contribution is -2.15. The van der Waals surface area contributed by atoms with E-state index in [1.54, 1.807) is 24.3 Å². The zero-order valence-corrected chi connectivity index (χ0v) is 11.0. The third-order valence-corrected chi connectivity index (χ3v) is 2.45. The summed E-state index contributed by atoms with van der Waals surface area (Å²) in [6, 6.07) is 6.54. The molecule has 0 unspecified atom stereocenters. The Morgan fingerprint density at radius 2 is 2.00 bits per heavy atom. The number of pyridine rings is 1. The second-order valence-corrected chi connectivity index (χ2v) is 4.09. The van der Waals surface area contributed by atoms with Gasteiger partial charge in [0.15, 0.2) is 5.69 Å². The zero-order chi connectivity index (χ0) is 13.7. The van der Waals surface area contributed by atoms with Crippen LogP contribution in [0, 0.1) is 0 Å². The number of carbonyl (C=O) groups is 1.